The third kappa shape index (κ3) is 5.37. The molecule has 0 aliphatic heterocycles. The van der Waals surface area contributed by atoms with Gasteiger partial charge in [0.1, 0.15) is 6.10 Å². The topological polar surface area (TPSA) is 116 Å². The van der Waals surface area contributed by atoms with Crippen LogP contribution in [0.3, 0.4) is 0 Å². The van der Waals surface area contributed by atoms with E-state index in [9.17, 15) is 24.6 Å². The summed E-state index contributed by atoms with van der Waals surface area (Å²) in [5, 5.41) is 26.1. The molecule has 0 saturated heterocycles. The molecule has 4 N–H and O–H groups in total. The summed E-state index contributed by atoms with van der Waals surface area (Å²) in [6.07, 6.45) is -1.59. The summed E-state index contributed by atoms with van der Waals surface area (Å²) in [4.78, 5) is 35.8. The zero-order chi connectivity index (χ0) is 20.7. The summed E-state index contributed by atoms with van der Waals surface area (Å²) in [6, 6.07) is 13.5. The summed E-state index contributed by atoms with van der Waals surface area (Å²) in [5.41, 5.74) is -0.0916. The zero-order valence-electron chi connectivity index (χ0n) is 16.1. The average Bonchev–Trinajstić information content (AvgIpc) is 2.70. The highest BCUT2D eigenvalue weighted by atomic mass is 16.3. The van der Waals surface area contributed by atoms with Gasteiger partial charge in [0.25, 0.3) is 5.91 Å². The number of amides is 2. The molecule has 0 unspecified atom stereocenters. The number of Topliss-reactive ketones (excluding diaryl/α,β-unsaturated/α-hetero) is 1. The van der Waals surface area contributed by atoms with E-state index >= 15 is 0 Å². The molecule has 0 radical (unpaired) electrons. The van der Waals surface area contributed by atoms with Crippen molar-refractivity contribution in [1.82, 2.24) is 10.6 Å². The van der Waals surface area contributed by atoms with Crippen LogP contribution in [0.15, 0.2) is 42.5 Å². The van der Waals surface area contributed by atoms with Crippen molar-refractivity contribution in [1.29, 1.82) is 0 Å². The van der Waals surface area contributed by atoms with Gasteiger partial charge >= 0.3 is 0 Å². The van der Waals surface area contributed by atoms with E-state index in [4.69, 9.17) is 0 Å². The normalized spacial score (nSPS) is 12.4. The molecule has 0 aliphatic carbocycles. The first-order valence-corrected chi connectivity index (χ1v) is 9.10. The van der Waals surface area contributed by atoms with Gasteiger partial charge in [0.05, 0.1) is 6.61 Å². The van der Waals surface area contributed by atoms with Gasteiger partial charge in [-0.1, -0.05) is 56.3 Å². The number of rotatable bonds is 9. The molecule has 0 aromatic heterocycles. The molecule has 0 fully saturated rings. The van der Waals surface area contributed by atoms with E-state index in [0.29, 0.717) is 0 Å². The molecule has 28 heavy (non-hydrogen) atoms. The Labute approximate surface area is 163 Å². The predicted molar refractivity (Wildman–Crippen MR) is 105 cm³/mol. The Morgan fingerprint density at radius 2 is 1.71 bits per heavy atom. The van der Waals surface area contributed by atoms with Crippen LogP contribution in [-0.4, -0.2) is 47.1 Å². The molecule has 2 aromatic carbocycles. The fourth-order valence-electron chi connectivity index (χ4n) is 2.67. The summed E-state index contributed by atoms with van der Waals surface area (Å²) in [7, 11) is 0. The Kier molecular flexibility index (Phi) is 7.25. The molecule has 0 saturated carbocycles. The number of aliphatic hydroxyl groups excluding tert-OH is 2. The minimum absolute atomic E-state index is 0.0715. The number of carbonyl (C=O) groups excluding carboxylic acids is 3. The van der Waals surface area contributed by atoms with E-state index in [1.54, 1.807) is 13.8 Å². The maximum atomic E-state index is 12.0. The summed E-state index contributed by atoms with van der Waals surface area (Å²) in [5.74, 6) is -2.07. The van der Waals surface area contributed by atoms with E-state index in [1.165, 1.54) is 0 Å². The van der Waals surface area contributed by atoms with E-state index < -0.39 is 29.1 Å². The molecule has 7 heteroatoms. The monoisotopic (exact) mass is 386 g/mol. The highest BCUT2D eigenvalue weighted by molar-refractivity contribution is 6.36. The van der Waals surface area contributed by atoms with E-state index in [-0.39, 0.29) is 26.1 Å². The highest BCUT2D eigenvalue weighted by Gasteiger charge is 2.32. The van der Waals surface area contributed by atoms with E-state index in [0.717, 1.165) is 16.3 Å². The lowest BCUT2D eigenvalue weighted by Gasteiger charge is -2.27. The molecule has 0 spiro atoms. The smallest absolute Gasteiger partial charge is 0.287 e. The Balaban J connectivity index is 1.82. The molecular weight excluding hydrogens is 360 g/mol. The van der Waals surface area contributed by atoms with E-state index in [2.05, 4.69) is 10.6 Å². The predicted octanol–water partition coefficient (Wildman–Crippen LogP) is 0.911. The minimum Gasteiger partial charge on any atom is -0.396 e. The lowest BCUT2D eigenvalue weighted by Crippen LogP contribution is -2.46. The highest BCUT2D eigenvalue weighted by Crippen LogP contribution is 2.19. The van der Waals surface area contributed by atoms with Gasteiger partial charge in [0.2, 0.25) is 11.7 Å². The first kappa shape index (κ1) is 21.5. The van der Waals surface area contributed by atoms with Crippen molar-refractivity contribution in [3.05, 3.63) is 48.0 Å². The quantitative estimate of drug-likeness (QED) is 0.478. The van der Waals surface area contributed by atoms with Crippen LogP contribution in [0.25, 0.3) is 10.8 Å². The average molecular weight is 386 g/mol. The molecule has 1 atom stereocenters. The first-order valence-electron chi connectivity index (χ1n) is 9.10. The Morgan fingerprint density at radius 1 is 1.04 bits per heavy atom. The number of hydrogen-bond acceptors (Lipinski definition) is 5. The number of hydrogen-bond donors (Lipinski definition) is 4. The van der Waals surface area contributed by atoms with Crippen LogP contribution in [0.4, 0.5) is 0 Å². The summed E-state index contributed by atoms with van der Waals surface area (Å²) in [6.45, 7) is 2.88. The van der Waals surface area contributed by atoms with Gasteiger partial charge in [-0.05, 0) is 16.3 Å². The summed E-state index contributed by atoms with van der Waals surface area (Å²) >= 11 is 0. The second kappa shape index (κ2) is 9.43. The fraction of sp³-hybridized carbons (Fsp3) is 0.381. The van der Waals surface area contributed by atoms with Crippen molar-refractivity contribution >= 4 is 28.4 Å². The lowest BCUT2D eigenvalue weighted by atomic mass is 9.87. The van der Waals surface area contributed by atoms with Gasteiger partial charge in [0, 0.05) is 24.9 Å². The second-order valence-corrected chi connectivity index (χ2v) is 7.33. The van der Waals surface area contributed by atoms with Gasteiger partial charge < -0.3 is 20.8 Å². The Morgan fingerprint density at radius 3 is 2.43 bits per heavy atom. The van der Waals surface area contributed by atoms with Crippen molar-refractivity contribution in [2.45, 2.75) is 32.9 Å². The van der Waals surface area contributed by atoms with Gasteiger partial charge in [-0.25, -0.2) is 0 Å². The van der Waals surface area contributed by atoms with Gasteiger partial charge in [0.15, 0.2) is 0 Å². The first-order chi connectivity index (χ1) is 13.3. The number of aliphatic hydroxyl groups is 2. The minimum atomic E-state index is -1.41. The second-order valence-electron chi connectivity index (χ2n) is 7.33. The number of nitrogens with one attached hydrogen (secondary N) is 2. The number of fused-ring (bicyclic) bond motifs is 1. The van der Waals surface area contributed by atoms with Gasteiger partial charge in [-0.3, -0.25) is 14.4 Å². The largest absolute Gasteiger partial charge is 0.396 e. The third-order valence-corrected chi connectivity index (χ3v) is 4.62. The molecule has 0 aliphatic rings. The van der Waals surface area contributed by atoms with Crippen molar-refractivity contribution in [2.24, 2.45) is 5.41 Å². The van der Waals surface area contributed by atoms with E-state index in [1.807, 2.05) is 42.5 Å². The maximum absolute atomic E-state index is 12.0. The van der Waals surface area contributed by atoms with Gasteiger partial charge in [-0.2, -0.15) is 0 Å². The lowest BCUT2D eigenvalue weighted by molar-refractivity contribution is -0.139. The van der Waals surface area contributed by atoms with Crippen LogP contribution in [0.5, 0.6) is 0 Å². The molecule has 0 bridgehead atoms. The SMILES string of the molecule is CC(C)(CO)[C@@H](O)C(=O)NCCC(=O)C(=O)NCc1cccc2ccccc12. The molecule has 2 amide bonds. The van der Waals surface area contributed by atoms with Crippen LogP contribution in [-0.2, 0) is 20.9 Å². The molecule has 2 rings (SSSR count). The van der Waals surface area contributed by atoms with Crippen molar-refractivity contribution in [2.75, 3.05) is 13.2 Å². The molecule has 2 aromatic rings. The zero-order valence-corrected chi connectivity index (χ0v) is 16.1. The van der Waals surface area contributed by atoms with Crippen molar-refractivity contribution < 1.29 is 24.6 Å². The number of benzene rings is 2. The standard InChI is InChI=1S/C21H26N2O5/c1-21(2,13-24)18(26)20(28)22-11-10-17(25)19(27)23-12-15-8-5-7-14-6-3-4-9-16(14)15/h3-9,18,24,26H,10-13H2,1-2H3,(H,22,28)(H,23,27)/t18-/m0/s1. The third-order valence-electron chi connectivity index (χ3n) is 4.62. The Hall–Kier alpha value is -2.77. The van der Waals surface area contributed by atoms with Crippen molar-refractivity contribution in [3.63, 3.8) is 0 Å². The summed E-state index contributed by atoms with van der Waals surface area (Å²) < 4.78 is 0. The van der Waals surface area contributed by atoms with Crippen LogP contribution in [0.2, 0.25) is 0 Å². The van der Waals surface area contributed by atoms with Crippen LogP contribution in [0.1, 0.15) is 25.8 Å². The van der Waals surface area contributed by atoms with Crippen LogP contribution in [0, 0.1) is 5.41 Å². The van der Waals surface area contributed by atoms with Gasteiger partial charge in [-0.15, -0.1) is 0 Å². The Bertz CT molecular complexity index is 857. The van der Waals surface area contributed by atoms with Crippen molar-refractivity contribution in [3.8, 4) is 0 Å². The maximum Gasteiger partial charge on any atom is 0.287 e. The molecule has 0 heterocycles. The van der Waals surface area contributed by atoms with Crippen LogP contribution < -0.4 is 10.6 Å². The molecule has 150 valence electrons. The molecule has 7 nitrogen and oxygen atoms in total. The fourth-order valence-corrected chi connectivity index (χ4v) is 2.67. The number of ketones is 1. The van der Waals surface area contributed by atoms with Crippen LogP contribution >= 0.6 is 0 Å². The molecular formula is C21H26N2O5. The number of carbonyl (C=O) groups is 3.